The number of anilines is 1. The molecule has 0 atom stereocenters. The van der Waals surface area contributed by atoms with Gasteiger partial charge in [0, 0.05) is 13.1 Å². The molecule has 0 spiro atoms. The lowest BCUT2D eigenvalue weighted by Crippen LogP contribution is -2.22. The van der Waals surface area contributed by atoms with Gasteiger partial charge in [0.25, 0.3) is 5.91 Å². The predicted molar refractivity (Wildman–Crippen MR) is 76.4 cm³/mol. The molecule has 0 radical (unpaired) electrons. The molecule has 6 heteroatoms. The fourth-order valence-electron chi connectivity index (χ4n) is 1.50. The first kappa shape index (κ1) is 13.5. The van der Waals surface area contributed by atoms with Crippen LogP contribution in [0.1, 0.15) is 27.9 Å². The van der Waals surface area contributed by atoms with E-state index in [0.29, 0.717) is 16.7 Å². The molecule has 1 amide bonds. The van der Waals surface area contributed by atoms with Gasteiger partial charge in [-0.3, -0.25) is 4.79 Å². The zero-order valence-electron chi connectivity index (χ0n) is 10.9. The second kappa shape index (κ2) is 6.29. The number of carbonyl (C=O) groups excluding carboxylic acids is 1. The molecular formula is C13H16N4OS. The third-order valence-electron chi connectivity index (χ3n) is 2.52. The zero-order chi connectivity index (χ0) is 13.7. The summed E-state index contributed by atoms with van der Waals surface area (Å²) in [4.78, 5) is 11.9. The molecule has 0 aliphatic rings. The van der Waals surface area contributed by atoms with Crippen molar-refractivity contribution in [1.29, 1.82) is 0 Å². The van der Waals surface area contributed by atoms with E-state index in [0.717, 1.165) is 12.1 Å². The van der Waals surface area contributed by atoms with Crippen LogP contribution >= 0.6 is 11.3 Å². The minimum absolute atomic E-state index is 0.192. The fourth-order valence-corrected chi connectivity index (χ4v) is 2.23. The molecule has 0 fully saturated rings. The van der Waals surface area contributed by atoms with Crippen molar-refractivity contribution in [2.75, 3.05) is 11.9 Å². The van der Waals surface area contributed by atoms with Crippen LogP contribution in [0.25, 0.3) is 0 Å². The molecule has 2 aromatic rings. The standard InChI is InChI=1S/C13H16N4OS/c1-3-14-13-17-16-12(19-13)11(18)15-8-10-6-4-9(2)5-7-10/h4-7H,3,8H2,1-2H3,(H,14,17)(H,15,18). The molecule has 0 aliphatic heterocycles. The minimum Gasteiger partial charge on any atom is -0.360 e. The van der Waals surface area contributed by atoms with Crippen molar-refractivity contribution < 1.29 is 4.79 Å². The average Bonchev–Trinajstić information content (AvgIpc) is 2.87. The van der Waals surface area contributed by atoms with E-state index in [-0.39, 0.29) is 5.91 Å². The summed E-state index contributed by atoms with van der Waals surface area (Å²) in [6.45, 7) is 5.26. The molecular weight excluding hydrogens is 260 g/mol. The summed E-state index contributed by atoms with van der Waals surface area (Å²) in [6.07, 6.45) is 0. The molecule has 0 saturated carbocycles. The van der Waals surface area contributed by atoms with E-state index < -0.39 is 0 Å². The van der Waals surface area contributed by atoms with Crippen LogP contribution in [0.15, 0.2) is 24.3 Å². The van der Waals surface area contributed by atoms with Crippen LogP contribution in [0.4, 0.5) is 5.13 Å². The summed E-state index contributed by atoms with van der Waals surface area (Å²) >= 11 is 1.26. The van der Waals surface area contributed by atoms with Crippen molar-refractivity contribution in [2.24, 2.45) is 0 Å². The van der Waals surface area contributed by atoms with Gasteiger partial charge in [0.05, 0.1) is 0 Å². The van der Waals surface area contributed by atoms with Crippen LogP contribution in [0.3, 0.4) is 0 Å². The number of nitrogens with one attached hydrogen (secondary N) is 2. The highest BCUT2D eigenvalue weighted by Crippen LogP contribution is 2.14. The van der Waals surface area contributed by atoms with Crippen LogP contribution < -0.4 is 10.6 Å². The fraction of sp³-hybridized carbons (Fsp3) is 0.308. The van der Waals surface area contributed by atoms with Gasteiger partial charge in [-0.25, -0.2) is 0 Å². The highest BCUT2D eigenvalue weighted by Gasteiger charge is 2.11. The molecule has 0 saturated heterocycles. The van der Waals surface area contributed by atoms with E-state index >= 15 is 0 Å². The van der Waals surface area contributed by atoms with Crippen LogP contribution in [0, 0.1) is 6.92 Å². The zero-order valence-corrected chi connectivity index (χ0v) is 11.8. The predicted octanol–water partition coefficient (Wildman–Crippen LogP) is 2.21. The Bertz CT molecular complexity index is 550. The lowest BCUT2D eigenvalue weighted by atomic mass is 10.1. The molecule has 5 nitrogen and oxygen atoms in total. The first-order valence-electron chi connectivity index (χ1n) is 6.10. The summed E-state index contributed by atoms with van der Waals surface area (Å²) in [6, 6.07) is 8.05. The lowest BCUT2D eigenvalue weighted by molar-refractivity contribution is 0.0950. The molecule has 0 aliphatic carbocycles. The summed E-state index contributed by atoms with van der Waals surface area (Å²) in [5.74, 6) is -0.192. The summed E-state index contributed by atoms with van der Waals surface area (Å²) in [5.41, 5.74) is 2.27. The van der Waals surface area contributed by atoms with Gasteiger partial charge in [-0.1, -0.05) is 41.2 Å². The van der Waals surface area contributed by atoms with E-state index in [4.69, 9.17) is 0 Å². The number of aromatic nitrogens is 2. The SMILES string of the molecule is CCNc1nnc(C(=O)NCc2ccc(C)cc2)s1. The minimum atomic E-state index is -0.192. The first-order chi connectivity index (χ1) is 9.19. The third-order valence-corrected chi connectivity index (χ3v) is 3.40. The van der Waals surface area contributed by atoms with Crippen LogP contribution in [-0.2, 0) is 6.54 Å². The first-order valence-corrected chi connectivity index (χ1v) is 6.92. The molecule has 2 rings (SSSR count). The number of benzene rings is 1. The Labute approximate surface area is 116 Å². The van der Waals surface area contributed by atoms with Crippen molar-refractivity contribution in [3.63, 3.8) is 0 Å². The Hall–Kier alpha value is -1.95. The van der Waals surface area contributed by atoms with E-state index in [1.54, 1.807) is 0 Å². The third kappa shape index (κ3) is 3.75. The normalized spacial score (nSPS) is 10.2. The number of hydrogen-bond donors (Lipinski definition) is 2. The Balaban J connectivity index is 1.91. The van der Waals surface area contributed by atoms with Gasteiger partial charge >= 0.3 is 0 Å². The number of carbonyl (C=O) groups is 1. The van der Waals surface area contributed by atoms with Gasteiger partial charge < -0.3 is 10.6 Å². The summed E-state index contributed by atoms with van der Waals surface area (Å²) in [5, 5.41) is 14.7. The Morgan fingerprint density at radius 1 is 1.26 bits per heavy atom. The Morgan fingerprint density at radius 2 is 2.00 bits per heavy atom. The van der Waals surface area contributed by atoms with E-state index in [9.17, 15) is 4.79 Å². The number of amides is 1. The quantitative estimate of drug-likeness (QED) is 0.878. The maximum absolute atomic E-state index is 11.9. The smallest absolute Gasteiger partial charge is 0.282 e. The van der Waals surface area contributed by atoms with Crippen molar-refractivity contribution in [2.45, 2.75) is 20.4 Å². The van der Waals surface area contributed by atoms with Crippen molar-refractivity contribution in [1.82, 2.24) is 15.5 Å². The second-order valence-electron chi connectivity index (χ2n) is 4.11. The van der Waals surface area contributed by atoms with Crippen molar-refractivity contribution in [3.8, 4) is 0 Å². The lowest BCUT2D eigenvalue weighted by Gasteiger charge is -2.03. The molecule has 0 unspecified atom stereocenters. The highest BCUT2D eigenvalue weighted by atomic mass is 32.1. The molecule has 0 bridgehead atoms. The van der Waals surface area contributed by atoms with Crippen LogP contribution in [0.2, 0.25) is 0 Å². The number of aryl methyl sites for hydroxylation is 1. The largest absolute Gasteiger partial charge is 0.360 e. The summed E-state index contributed by atoms with van der Waals surface area (Å²) in [7, 11) is 0. The molecule has 2 N–H and O–H groups in total. The number of nitrogens with zero attached hydrogens (tertiary/aromatic N) is 2. The maximum Gasteiger partial charge on any atom is 0.282 e. The van der Waals surface area contributed by atoms with Crippen LogP contribution in [0.5, 0.6) is 0 Å². The van der Waals surface area contributed by atoms with Crippen molar-refractivity contribution >= 4 is 22.4 Å². The van der Waals surface area contributed by atoms with E-state index in [1.165, 1.54) is 16.9 Å². The summed E-state index contributed by atoms with van der Waals surface area (Å²) < 4.78 is 0. The van der Waals surface area contributed by atoms with Gasteiger partial charge in [0.2, 0.25) is 10.1 Å². The average molecular weight is 276 g/mol. The van der Waals surface area contributed by atoms with E-state index in [2.05, 4.69) is 20.8 Å². The topological polar surface area (TPSA) is 66.9 Å². The molecule has 19 heavy (non-hydrogen) atoms. The van der Waals surface area contributed by atoms with Gasteiger partial charge in [-0.2, -0.15) is 0 Å². The van der Waals surface area contributed by atoms with Gasteiger partial charge in [0.1, 0.15) is 0 Å². The van der Waals surface area contributed by atoms with Crippen LogP contribution in [-0.4, -0.2) is 22.6 Å². The second-order valence-corrected chi connectivity index (χ2v) is 5.09. The Kier molecular flexibility index (Phi) is 4.46. The molecule has 100 valence electrons. The molecule has 1 aromatic heterocycles. The van der Waals surface area contributed by atoms with Gasteiger partial charge in [-0.15, -0.1) is 10.2 Å². The molecule has 1 heterocycles. The number of rotatable bonds is 5. The monoisotopic (exact) mass is 276 g/mol. The van der Waals surface area contributed by atoms with Crippen molar-refractivity contribution in [3.05, 3.63) is 40.4 Å². The van der Waals surface area contributed by atoms with Gasteiger partial charge in [0.15, 0.2) is 0 Å². The van der Waals surface area contributed by atoms with E-state index in [1.807, 2.05) is 38.1 Å². The maximum atomic E-state index is 11.9. The Morgan fingerprint density at radius 3 is 2.68 bits per heavy atom. The van der Waals surface area contributed by atoms with Gasteiger partial charge in [-0.05, 0) is 19.4 Å². The molecule has 1 aromatic carbocycles. The number of hydrogen-bond acceptors (Lipinski definition) is 5. The highest BCUT2D eigenvalue weighted by molar-refractivity contribution is 7.17.